The van der Waals surface area contributed by atoms with Gasteiger partial charge in [0, 0.05) is 49.5 Å². The van der Waals surface area contributed by atoms with Gasteiger partial charge in [0.25, 0.3) is 0 Å². The molecule has 0 aliphatic carbocycles. The Balaban J connectivity index is 0.000000231. The molecule has 0 radical (unpaired) electrons. The quantitative estimate of drug-likeness (QED) is 0.0454. The highest BCUT2D eigenvalue weighted by Gasteiger charge is 2.20. The second-order valence-corrected chi connectivity index (χ2v) is 14.8. The lowest BCUT2D eigenvalue weighted by Crippen LogP contribution is -2.07. The van der Waals surface area contributed by atoms with Gasteiger partial charge in [-0.2, -0.15) is 0 Å². The molecule has 0 spiro atoms. The van der Waals surface area contributed by atoms with Crippen molar-refractivity contribution < 1.29 is 38.1 Å². The summed E-state index contributed by atoms with van der Waals surface area (Å²) in [5, 5.41) is 1.79. The molecule has 16 heteroatoms. The second-order valence-electron chi connectivity index (χ2n) is 14.8. The van der Waals surface area contributed by atoms with Gasteiger partial charge in [-0.15, -0.1) is 0 Å². The van der Waals surface area contributed by atoms with E-state index in [2.05, 4.69) is 32.9 Å². The maximum absolute atomic E-state index is 11.9. The van der Waals surface area contributed by atoms with Gasteiger partial charge in [-0.25, -0.2) is 29.5 Å². The van der Waals surface area contributed by atoms with Crippen molar-refractivity contribution in [2.45, 2.75) is 110 Å². The van der Waals surface area contributed by atoms with Crippen molar-refractivity contribution in [2.75, 3.05) is 39.9 Å². The van der Waals surface area contributed by atoms with Crippen LogP contribution in [0.15, 0.2) is 36.4 Å². The van der Waals surface area contributed by atoms with E-state index in [0.29, 0.717) is 64.2 Å². The molecular weight excluding hydrogens is 781 g/mol. The zero-order chi connectivity index (χ0) is 44.1. The van der Waals surface area contributed by atoms with Crippen LogP contribution in [0.5, 0.6) is 0 Å². The van der Waals surface area contributed by atoms with Crippen molar-refractivity contribution in [3.63, 3.8) is 0 Å². The minimum Gasteiger partial charge on any atom is -0.469 e. The van der Waals surface area contributed by atoms with E-state index in [4.69, 9.17) is 40.4 Å². The molecule has 4 heterocycles. The van der Waals surface area contributed by atoms with Gasteiger partial charge in [0.05, 0.1) is 61.6 Å². The third kappa shape index (κ3) is 10.9. The first-order valence-electron chi connectivity index (χ1n) is 21.0. The number of carbonyl (C=O) groups is 4. The van der Waals surface area contributed by atoms with Gasteiger partial charge in [0.15, 0.2) is 11.6 Å². The summed E-state index contributed by atoms with van der Waals surface area (Å²) in [4.78, 5) is 65.2. The van der Waals surface area contributed by atoms with E-state index in [9.17, 15) is 19.2 Å². The topological polar surface area (TPSA) is 219 Å². The van der Waals surface area contributed by atoms with Gasteiger partial charge in [0.2, 0.25) is 0 Å². The Kier molecular flexibility index (Phi) is 16.3. The van der Waals surface area contributed by atoms with Gasteiger partial charge in [-0.3, -0.25) is 9.59 Å². The number of benzene rings is 2. The number of rotatable bonds is 19. The third-order valence-electron chi connectivity index (χ3n) is 10.6. The maximum Gasteiger partial charge on any atom is 0.337 e. The van der Waals surface area contributed by atoms with Crippen LogP contribution in [-0.2, 0) is 54.5 Å². The molecule has 61 heavy (non-hydrogen) atoms. The minimum atomic E-state index is -0.419. The van der Waals surface area contributed by atoms with Crippen molar-refractivity contribution in [3.05, 3.63) is 59.2 Å². The lowest BCUT2D eigenvalue weighted by Gasteiger charge is -2.11. The molecule has 0 amide bonds. The second kappa shape index (κ2) is 21.8. The van der Waals surface area contributed by atoms with E-state index in [-0.39, 0.29) is 11.9 Å². The number of fused-ring (bicyclic) bond motifs is 6. The smallest absolute Gasteiger partial charge is 0.337 e. The number of carbonyl (C=O) groups excluding carboxylic acids is 4. The van der Waals surface area contributed by atoms with Gasteiger partial charge in [0.1, 0.15) is 22.7 Å². The number of aryl methyl sites for hydroxylation is 4. The van der Waals surface area contributed by atoms with E-state index in [0.717, 1.165) is 111 Å². The van der Waals surface area contributed by atoms with Gasteiger partial charge < -0.3 is 39.5 Å². The number of nitrogens with two attached hydrogens (primary N) is 2. The van der Waals surface area contributed by atoms with Gasteiger partial charge in [-0.1, -0.05) is 33.1 Å². The maximum atomic E-state index is 11.9. The number of ether oxygens (including phenoxy) is 4. The fourth-order valence-corrected chi connectivity index (χ4v) is 7.40. The largest absolute Gasteiger partial charge is 0.469 e. The van der Waals surface area contributed by atoms with Crippen molar-refractivity contribution in [1.29, 1.82) is 0 Å². The van der Waals surface area contributed by atoms with Crippen LogP contribution in [0, 0.1) is 0 Å². The van der Waals surface area contributed by atoms with E-state index in [1.54, 1.807) is 24.3 Å². The number of anilines is 2. The number of pyridine rings is 2. The number of hydrogen-bond donors (Lipinski definition) is 2. The molecule has 6 aromatic rings. The van der Waals surface area contributed by atoms with Crippen molar-refractivity contribution in [1.82, 2.24) is 29.1 Å². The zero-order valence-corrected chi connectivity index (χ0v) is 36.2. The SMILES string of the molecule is CCCCc1nc2c(N)nc3cc(C(=O)OC)ccc3c2n1CCCCC(=O)OC.CCCCc1nc2c(N)nc3cc(C(=O)OC)ccc3c2n1CCCCCC(=O)OC. The molecule has 0 aliphatic rings. The van der Waals surface area contributed by atoms with Crippen LogP contribution in [0.3, 0.4) is 0 Å². The van der Waals surface area contributed by atoms with E-state index < -0.39 is 11.9 Å². The Bertz CT molecular complexity index is 2510. The van der Waals surface area contributed by atoms with Crippen molar-refractivity contribution in [3.8, 4) is 0 Å². The summed E-state index contributed by atoms with van der Waals surface area (Å²) in [6.07, 6.45) is 10.8. The number of unbranched alkanes of at least 4 members (excludes halogenated alkanes) is 5. The standard InChI is InChI=1S/C23H30N4O4.C22H28N4O4/c1-4-5-9-18-26-20-21(27(18)13-8-6-7-10-19(28)30-2)16-12-11-15(23(29)31-3)14-17(16)25-22(20)24;1-4-5-8-17-25-19-20(26(17)12-7-6-9-18(27)29-2)15-11-10-14(22(28)30-3)13-16(15)24-21(19)23/h11-12,14H,4-10,13H2,1-3H3,(H2,24,25);10-11,13H,4-9,12H2,1-3H3,(H2,23,24). The Morgan fingerprint density at radius 1 is 0.541 bits per heavy atom. The molecule has 0 aliphatic heterocycles. The van der Waals surface area contributed by atoms with Crippen LogP contribution >= 0.6 is 0 Å². The lowest BCUT2D eigenvalue weighted by molar-refractivity contribution is -0.141. The number of nitrogens with zero attached hydrogens (tertiary/aromatic N) is 6. The predicted molar refractivity (Wildman–Crippen MR) is 235 cm³/mol. The molecule has 0 saturated heterocycles. The highest BCUT2D eigenvalue weighted by Crippen LogP contribution is 2.32. The summed E-state index contributed by atoms with van der Waals surface area (Å²) in [5.74, 6) is 1.43. The Labute approximate surface area is 355 Å². The first-order chi connectivity index (χ1) is 29.5. The zero-order valence-electron chi connectivity index (χ0n) is 36.2. The Morgan fingerprint density at radius 3 is 1.34 bits per heavy atom. The predicted octanol–water partition coefficient (Wildman–Crippen LogP) is 7.67. The molecule has 16 nitrogen and oxygen atoms in total. The molecule has 6 rings (SSSR count). The number of methoxy groups -OCH3 is 4. The van der Waals surface area contributed by atoms with Crippen molar-refractivity contribution >= 4 is 79.4 Å². The summed E-state index contributed by atoms with van der Waals surface area (Å²) in [7, 11) is 5.52. The average Bonchev–Trinajstić information content (AvgIpc) is 3.84. The molecule has 2 aromatic carbocycles. The van der Waals surface area contributed by atoms with Crippen LogP contribution in [0.25, 0.3) is 43.9 Å². The molecule has 0 atom stereocenters. The monoisotopic (exact) mass is 838 g/mol. The molecule has 0 fully saturated rings. The highest BCUT2D eigenvalue weighted by molar-refractivity contribution is 6.09. The number of nitrogen functional groups attached to an aromatic ring is 2. The van der Waals surface area contributed by atoms with Crippen LogP contribution < -0.4 is 11.5 Å². The average molecular weight is 839 g/mol. The van der Waals surface area contributed by atoms with E-state index in [1.807, 2.05) is 12.1 Å². The number of hydrogen-bond acceptors (Lipinski definition) is 14. The van der Waals surface area contributed by atoms with Crippen LogP contribution in [0.1, 0.15) is 117 Å². The first-order valence-corrected chi connectivity index (χ1v) is 21.0. The van der Waals surface area contributed by atoms with Gasteiger partial charge >= 0.3 is 23.9 Å². The summed E-state index contributed by atoms with van der Waals surface area (Å²) in [6, 6.07) is 10.6. The first kappa shape index (κ1) is 45.8. The van der Waals surface area contributed by atoms with Crippen LogP contribution in [-0.4, -0.2) is 81.4 Å². The van der Waals surface area contributed by atoms with Crippen LogP contribution in [0.4, 0.5) is 11.6 Å². The molecular formula is C45H58N8O8. The summed E-state index contributed by atoms with van der Waals surface area (Å²) < 4.78 is 23.5. The van der Waals surface area contributed by atoms with E-state index >= 15 is 0 Å². The minimum absolute atomic E-state index is 0.178. The molecule has 0 saturated carbocycles. The third-order valence-corrected chi connectivity index (χ3v) is 10.6. The molecule has 4 aromatic heterocycles. The summed E-state index contributed by atoms with van der Waals surface area (Å²) >= 11 is 0. The lowest BCUT2D eigenvalue weighted by atomic mass is 10.1. The summed E-state index contributed by atoms with van der Waals surface area (Å²) in [5.41, 5.74) is 17.8. The Hall–Kier alpha value is -6.32. The fourth-order valence-electron chi connectivity index (χ4n) is 7.40. The molecule has 0 unspecified atom stereocenters. The molecule has 326 valence electrons. The number of imidazole rings is 2. The highest BCUT2D eigenvalue weighted by atomic mass is 16.5. The molecule has 0 bridgehead atoms. The van der Waals surface area contributed by atoms with Gasteiger partial charge in [-0.05, 0) is 74.9 Å². The molecule has 4 N–H and O–H groups in total. The summed E-state index contributed by atoms with van der Waals surface area (Å²) in [6.45, 7) is 5.78. The Morgan fingerprint density at radius 2 is 0.951 bits per heavy atom. The number of esters is 4. The number of aromatic nitrogens is 6. The van der Waals surface area contributed by atoms with Crippen LogP contribution in [0.2, 0.25) is 0 Å². The van der Waals surface area contributed by atoms with E-state index in [1.165, 1.54) is 28.4 Å². The normalized spacial score (nSPS) is 11.2. The van der Waals surface area contributed by atoms with Crippen molar-refractivity contribution in [2.24, 2.45) is 0 Å². The fraction of sp³-hybridized carbons (Fsp3) is 0.467.